The molecule has 1 unspecified atom stereocenters. The summed E-state index contributed by atoms with van der Waals surface area (Å²) in [6.07, 6.45) is -5.32. The number of rotatable bonds is 4. The lowest BCUT2D eigenvalue weighted by Gasteiger charge is -2.31. The van der Waals surface area contributed by atoms with Crippen molar-refractivity contribution in [3.05, 3.63) is 0 Å². The zero-order chi connectivity index (χ0) is 10.7. The highest BCUT2D eigenvalue weighted by Crippen LogP contribution is 2.37. The standard InChI is InChI=1S/C8H16F3NO/c1-6(2)5-7(13,3-4-12)8(9,10)11/h6,13H,3-5,12H2,1-2H3. The third-order valence-electron chi connectivity index (χ3n) is 1.83. The van der Waals surface area contributed by atoms with Gasteiger partial charge in [0.1, 0.15) is 0 Å². The Labute approximate surface area is 75.9 Å². The van der Waals surface area contributed by atoms with Gasteiger partial charge in [0.25, 0.3) is 0 Å². The van der Waals surface area contributed by atoms with Crippen molar-refractivity contribution in [2.75, 3.05) is 6.54 Å². The van der Waals surface area contributed by atoms with Crippen LogP contribution in [0, 0.1) is 5.92 Å². The lowest BCUT2D eigenvalue weighted by molar-refractivity contribution is -0.266. The van der Waals surface area contributed by atoms with E-state index in [0.717, 1.165) is 0 Å². The molecule has 2 nitrogen and oxygen atoms in total. The topological polar surface area (TPSA) is 46.2 Å². The molecule has 13 heavy (non-hydrogen) atoms. The van der Waals surface area contributed by atoms with E-state index < -0.39 is 18.2 Å². The van der Waals surface area contributed by atoms with E-state index in [4.69, 9.17) is 5.73 Å². The molecule has 0 bridgehead atoms. The molecule has 0 aromatic heterocycles. The summed E-state index contributed by atoms with van der Waals surface area (Å²) in [5.74, 6) is -0.210. The molecular formula is C8H16F3NO. The predicted octanol–water partition coefficient (Wildman–Crippen LogP) is 1.67. The Bertz CT molecular complexity index is 158. The summed E-state index contributed by atoms with van der Waals surface area (Å²) in [6, 6.07) is 0. The minimum Gasteiger partial charge on any atom is -0.380 e. The Morgan fingerprint density at radius 3 is 2.00 bits per heavy atom. The SMILES string of the molecule is CC(C)CC(O)(CCN)C(F)(F)F. The van der Waals surface area contributed by atoms with Crippen LogP contribution in [0.1, 0.15) is 26.7 Å². The maximum absolute atomic E-state index is 12.3. The molecule has 3 N–H and O–H groups in total. The lowest BCUT2D eigenvalue weighted by atomic mass is 9.89. The van der Waals surface area contributed by atoms with Crippen LogP contribution >= 0.6 is 0 Å². The van der Waals surface area contributed by atoms with Crippen LogP contribution in [0.15, 0.2) is 0 Å². The van der Waals surface area contributed by atoms with Gasteiger partial charge in [-0.15, -0.1) is 0 Å². The van der Waals surface area contributed by atoms with Gasteiger partial charge in [-0.25, -0.2) is 0 Å². The van der Waals surface area contributed by atoms with Gasteiger partial charge >= 0.3 is 6.18 Å². The summed E-state index contributed by atoms with van der Waals surface area (Å²) >= 11 is 0. The van der Waals surface area contributed by atoms with Gasteiger partial charge in [0.15, 0.2) is 5.60 Å². The van der Waals surface area contributed by atoms with E-state index in [1.807, 2.05) is 0 Å². The quantitative estimate of drug-likeness (QED) is 0.723. The number of alkyl halides is 3. The summed E-state index contributed by atoms with van der Waals surface area (Å²) in [6.45, 7) is 3.10. The normalized spacial score (nSPS) is 17.5. The number of hydrogen-bond acceptors (Lipinski definition) is 2. The number of aliphatic hydroxyl groups is 1. The van der Waals surface area contributed by atoms with Gasteiger partial charge in [-0.3, -0.25) is 0 Å². The molecule has 0 rings (SSSR count). The van der Waals surface area contributed by atoms with Gasteiger partial charge in [0.05, 0.1) is 0 Å². The molecule has 0 aromatic rings. The van der Waals surface area contributed by atoms with Gasteiger partial charge in [0.2, 0.25) is 0 Å². The van der Waals surface area contributed by atoms with Crippen LogP contribution in [0.25, 0.3) is 0 Å². The average Bonchev–Trinajstić information content (AvgIpc) is 1.82. The van der Waals surface area contributed by atoms with Crippen LogP contribution in [0.3, 0.4) is 0 Å². The van der Waals surface area contributed by atoms with Crippen molar-refractivity contribution in [2.45, 2.75) is 38.5 Å². The fraction of sp³-hybridized carbons (Fsp3) is 1.00. The van der Waals surface area contributed by atoms with E-state index in [2.05, 4.69) is 0 Å². The first kappa shape index (κ1) is 12.7. The van der Waals surface area contributed by atoms with Crippen LogP contribution in [0.5, 0.6) is 0 Å². The van der Waals surface area contributed by atoms with Crippen molar-refractivity contribution < 1.29 is 18.3 Å². The summed E-state index contributed by atoms with van der Waals surface area (Å²) in [5, 5.41) is 9.31. The van der Waals surface area contributed by atoms with Gasteiger partial charge < -0.3 is 10.8 Å². The van der Waals surface area contributed by atoms with Crippen LogP contribution < -0.4 is 5.73 Å². The molecule has 0 spiro atoms. The smallest absolute Gasteiger partial charge is 0.380 e. The summed E-state index contributed by atoms with van der Waals surface area (Å²) < 4.78 is 37.0. The third kappa shape index (κ3) is 3.52. The van der Waals surface area contributed by atoms with Crippen molar-refractivity contribution in [1.29, 1.82) is 0 Å². The highest BCUT2D eigenvalue weighted by atomic mass is 19.4. The summed E-state index contributed by atoms with van der Waals surface area (Å²) in [7, 11) is 0. The monoisotopic (exact) mass is 199 g/mol. The molecule has 1 atom stereocenters. The third-order valence-corrected chi connectivity index (χ3v) is 1.83. The van der Waals surface area contributed by atoms with E-state index in [0.29, 0.717) is 0 Å². The molecule has 0 aromatic carbocycles. The highest BCUT2D eigenvalue weighted by Gasteiger charge is 2.52. The van der Waals surface area contributed by atoms with E-state index >= 15 is 0 Å². The number of halogens is 3. The average molecular weight is 199 g/mol. The first-order valence-electron chi connectivity index (χ1n) is 4.22. The molecule has 0 saturated carbocycles. The molecule has 0 fully saturated rings. The Morgan fingerprint density at radius 1 is 1.31 bits per heavy atom. The molecule has 0 aliphatic rings. The molecule has 0 amide bonds. The van der Waals surface area contributed by atoms with Gasteiger partial charge in [-0.05, 0) is 25.3 Å². The Hall–Kier alpha value is -0.290. The van der Waals surface area contributed by atoms with Crippen LogP contribution in [0.4, 0.5) is 13.2 Å². The largest absolute Gasteiger partial charge is 0.417 e. The van der Waals surface area contributed by atoms with Crippen molar-refractivity contribution in [3.63, 3.8) is 0 Å². The second-order valence-corrected chi connectivity index (χ2v) is 3.67. The minimum atomic E-state index is -4.59. The van der Waals surface area contributed by atoms with Gasteiger partial charge in [0, 0.05) is 0 Å². The minimum absolute atomic E-state index is 0.164. The highest BCUT2D eigenvalue weighted by molar-refractivity contribution is 4.87. The summed E-state index contributed by atoms with van der Waals surface area (Å²) in [4.78, 5) is 0. The second-order valence-electron chi connectivity index (χ2n) is 3.67. The molecule has 0 aliphatic heterocycles. The van der Waals surface area contributed by atoms with Crippen LogP contribution in [-0.2, 0) is 0 Å². The van der Waals surface area contributed by atoms with E-state index in [1.165, 1.54) is 0 Å². The second kappa shape index (κ2) is 4.28. The van der Waals surface area contributed by atoms with Crippen molar-refractivity contribution in [2.24, 2.45) is 11.7 Å². The summed E-state index contributed by atoms with van der Waals surface area (Å²) in [5.41, 5.74) is 2.41. The zero-order valence-electron chi connectivity index (χ0n) is 7.86. The molecular weight excluding hydrogens is 183 g/mol. The van der Waals surface area contributed by atoms with E-state index in [9.17, 15) is 18.3 Å². The molecule has 0 saturated heterocycles. The van der Waals surface area contributed by atoms with E-state index in [1.54, 1.807) is 13.8 Å². The Kier molecular flexibility index (Phi) is 4.19. The zero-order valence-corrected chi connectivity index (χ0v) is 7.86. The molecule has 0 heterocycles. The van der Waals surface area contributed by atoms with Crippen LogP contribution in [0.2, 0.25) is 0 Å². The molecule has 0 aliphatic carbocycles. The first-order valence-corrected chi connectivity index (χ1v) is 4.22. The lowest BCUT2D eigenvalue weighted by Crippen LogP contribution is -2.47. The predicted molar refractivity (Wildman–Crippen MR) is 44.1 cm³/mol. The van der Waals surface area contributed by atoms with Crippen molar-refractivity contribution >= 4 is 0 Å². The number of hydrogen-bond donors (Lipinski definition) is 2. The maximum atomic E-state index is 12.3. The van der Waals surface area contributed by atoms with Gasteiger partial charge in [-0.1, -0.05) is 13.8 Å². The first-order chi connectivity index (χ1) is 5.73. The van der Waals surface area contributed by atoms with Crippen LogP contribution in [-0.4, -0.2) is 23.4 Å². The van der Waals surface area contributed by atoms with E-state index in [-0.39, 0.29) is 18.9 Å². The molecule has 80 valence electrons. The van der Waals surface area contributed by atoms with Gasteiger partial charge in [-0.2, -0.15) is 13.2 Å². The molecule has 0 radical (unpaired) electrons. The van der Waals surface area contributed by atoms with Crippen molar-refractivity contribution in [1.82, 2.24) is 0 Å². The van der Waals surface area contributed by atoms with Crippen molar-refractivity contribution in [3.8, 4) is 0 Å². The fourth-order valence-corrected chi connectivity index (χ4v) is 1.27. The maximum Gasteiger partial charge on any atom is 0.417 e. The number of nitrogens with two attached hydrogens (primary N) is 1. The molecule has 5 heteroatoms. The fourth-order valence-electron chi connectivity index (χ4n) is 1.27. The Morgan fingerprint density at radius 2 is 1.77 bits per heavy atom. The Balaban J connectivity index is 4.53.